The first-order chi connectivity index (χ1) is 17.2. The Morgan fingerprint density at radius 2 is 2.03 bits per heavy atom. The summed E-state index contributed by atoms with van der Waals surface area (Å²) in [5.41, 5.74) is 3.93. The monoisotopic (exact) mass is 500 g/mol. The van der Waals surface area contributed by atoms with E-state index in [4.69, 9.17) is 4.74 Å². The molecule has 0 aliphatic carbocycles. The number of rotatable bonds is 8. The first kappa shape index (κ1) is 25.6. The zero-order valence-electron chi connectivity index (χ0n) is 20.5. The number of methoxy groups -OCH3 is 1. The van der Waals surface area contributed by atoms with Gasteiger partial charge in [0.1, 0.15) is 5.75 Å². The average molecular weight is 501 g/mol. The van der Waals surface area contributed by atoms with Gasteiger partial charge in [0.2, 0.25) is 5.91 Å². The Bertz CT molecular complexity index is 1280. The lowest BCUT2D eigenvalue weighted by molar-refractivity contribution is -0.114. The molecule has 8 nitrogen and oxygen atoms in total. The SMILES string of the molecule is COc1cc(C)c2[nH]ccc2c1CN1CCN(CC(F)F)C[C@H]1c1ccc(C(=O)O)c(NC(C)=O)c1. The third-order valence-electron chi connectivity index (χ3n) is 6.63. The molecule has 36 heavy (non-hydrogen) atoms. The van der Waals surface area contributed by atoms with Crippen molar-refractivity contribution in [3.8, 4) is 5.75 Å². The number of nitrogens with zero attached hydrogens (tertiary/aromatic N) is 2. The predicted octanol–water partition coefficient (Wildman–Crippen LogP) is 4.27. The van der Waals surface area contributed by atoms with Crippen molar-refractivity contribution in [3.63, 3.8) is 0 Å². The number of fused-ring (bicyclic) bond motifs is 1. The van der Waals surface area contributed by atoms with Crippen molar-refractivity contribution in [2.45, 2.75) is 32.9 Å². The van der Waals surface area contributed by atoms with Crippen LogP contribution in [0, 0.1) is 6.92 Å². The minimum Gasteiger partial charge on any atom is -0.496 e. The number of ether oxygens (including phenoxy) is 1. The summed E-state index contributed by atoms with van der Waals surface area (Å²) in [6.45, 7) is 4.80. The number of carboxylic acid groups (broad SMARTS) is 1. The topological polar surface area (TPSA) is 97.9 Å². The number of carbonyl (C=O) groups is 2. The second-order valence-electron chi connectivity index (χ2n) is 9.07. The largest absolute Gasteiger partial charge is 0.496 e. The molecule has 1 atom stereocenters. The van der Waals surface area contributed by atoms with Gasteiger partial charge in [0.05, 0.1) is 24.9 Å². The molecule has 0 spiro atoms. The molecule has 0 saturated carbocycles. The van der Waals surface area contributed by atoms with Crippen LogP contribution in [0.15, 0.2) is 36.5 Å². The van der Waals surface area contributed by atoms with Crippen LogP contribution < -0.4 is 10.1 Å². The Balaban J connectivity index is 1.75. The van der Waals surface area contributed by atoms with Gasteiger partial charge in [-0.2, -0.15) is 0 Å². The van der Waals surface area contributed by atoms with E-state index in [-0.39, 0.29) is 23.8 Å². The van der Waals surface area contributed by atoms with Gasteiger partial charge in [-0.3, -0.25) is 14.6 Å². The highest BCUT2D eigenvalue weighted by Crippen LogP contribution is 2.36. The molecule has 3 aromatic rings. The molecule has 1 aliphatic heterocycles. The molecular formula is C26H30F2N4O4. The van der Waals surface area contributed by atoms with Crippen molar-refractivity contribution in [2.24, 2.45) is 0 Å². The molecule has 1 saturated heterocycles. The van der Waals surface area contributed by atoms with Crippen LogP contribution >= 0.6 is 0 Å². The standard InChI is InChI=1S/C26H30F2N4O4/c1-15-10-23(36-3)20(18-6-7-29-25(15)18)12-32-9-8-31(14-24(27)28)13-22(32)17-4-5-19(26(34)35)21(11-17)30-16(2)33/h4-7,10-11,22,24,29H,8-9,12-14H2,1-3H3,(H,30,33)(H,34,35)/t22-/m0/s1. The van der Waals surface area contributed by atoms with Crippen molar-refractivity contribution in [3.05, 3.63) is 58.8 Å². The number of H-pyrrole nitrogens is 1. The van der Waals surface area contributed by atoms with Crippen molar-refractivity contribution in [1.82, 2.24) is 14.8 Å². The van der Waals surface area contributed by atoms with Crippen LogP contribution in [0.1, 0.15) is 40.0 Å². The number of hydrogen-bond acceptors (Lipinski definition) is 5. The fourth-order valence-corrected chi connectivity index (χ4v) is 4.98. The maximum atomic E-state index is 13.2. The van der Waals surface area contributed by atoms with Gasteiger partial charge in [0, 0.05) is 61.8 Å². The van der Waals surface area contributed by atoms with Gasteiger partial charge in [0.25, 0.3) is 6.43 Å². The summed E-state index contributed by atoms with van der Waals surface area (Å²) in [5, 5.41) is 13.2. The molecule has 0 bridgehead atoms. The number of alkyl halides is 2. The Labute approximate surface area is 207 Å². The molecule has 1 amide bonds. The van der Waals surface area contributed by atoms with E-state index < -0.39 is 18.3 Å². The number of aryl methyl sites for hydroxylation is 1. The molecule has 4 rings (SSSR count). The number of benzene rings is 2. The Morgan fingerprint density at radius 1 is 1.25 bits per heavy atom. The number of piperazine rings is 1. The van der Waals surface area contributed by atoms with Gasteiger partial charge in [-0.15, -0.1) is 0 Å². The van der Waals surface area contributed by atoms with E-state index in [0.717, 1.165) is 33.3 Å². The highest BCUT2D eigenvalue weighted by Gasteiger charge is 2.31. The predicted molar refractivity (Wildman–Crippen MR) is 133 cm³/mol. The first-order valence-corrected chi connectivity index (χ1v) is 11.7. The van der Waals surface area contributed by atoms with E-state index in [1.54, 1.807) is 24.1 Å². The number of anilines is 1. The number of aromatic carboxylic acids is 1. The first-order valence-electron chi connectivity index (χ1n) is 11.7. The quantitative estimate of drug-likeness (QED) is 0.428. The minimum atomic E-state index is -2.46. The number of carboxylic acids is 1. The normalized spacial score (nSPS) is 17.0. The number of hydrogen-bond donors (Lipinski definition) is 3. The molecule has 1 aliphatic rings. The lowest BCUT2D eigenvalue weighted by Crippen LogP contribution is -2.49. The number of nitrogens with one attached hydrogen (secondary N) is 2. The fourth-order valence-electron chi connectivity index (χ4n) is 4.98. The number of amides is 1. The molecule has 0 radical (unpaired) electrons. The summed E-state index contributed by atoms with van der Waals surface area (Å²) in [6.07, 6.45) is -0.582. The van der Waals surface area contributed by atoms with Gasteiger partial charge in [-0.25, -0.2) is 13.6 Å². The second-order valence-corrected chi connectivity index (χ2v) is 9.07. The van der Waals surface area contributed by atoms with E-state index in [1.165, 1.54) is 13.0 Å². The zero-order valence-corrected chi connectivity index (χ0v) is 20.5. The fraction of sp³-hybridized carbons (Fsp3) is 0.385. The van der Waals surface area contributed by atoms with Gasteiger partial charge in [0.15, 0.2) is 0 Å². The van der Waals surface area contributed by atoms with E-state index in [1.807, 2.05) is 25.3 Å². The lowest BCUT2D eigenvalue weighted by atomic mass is 9.97. The molecule has 10 heteroatoms. The third kappa shape index (κ3) is 5.34. The summed E-state index contributed by atoms with van der Waals surface area (Å²) in [5.74, 6) is -0.813. The summed E-state index contributed by atoms with van der Waals surface area (Å²) >= 11 is 0. The Morgan fingerprint density at radius 3 is 2.69 bits per heavy atom. The van der Waals surface area contributed by atoms with Crippen LogP contribution in [-0.2, 0) is 11.3 Å². The number of aromatic nitrogens is 1. The summed E-state index contributed by atoms with van der Waals surface area (Å²) in [6, 6.07) is 8.44. The average Bonchev–Trinajstić information content (AvgIpc) is 3.31. The van der Waals surface area contributed by atoms with Gasteiger partial charge in [-0.1, -0.05) is 6.07 Å². The highest BCUT2D eigenvalue weighted by molar-refractivity contribution is 6.00. The minimum absolute atomic E-state index is 0.0324. The summed E-state index contributed by atoms with van der Waals surface area (Å²) < 4.78 is 32.2. The number of carbonyl (C=O) groups excluding carboxylic acids is 1. The zero-order chi connectivity index (χ0) is 26.0. The Kier molecular flexibility index (Phi) is 7.56. The van der Waals surface area contributed by atoms with Crippen LogP contribution in [0.5, 0.6) is 5.75 Å². The molecule has 1 aromatic heterocycles. The highest BCUT2D eigenvalue weighted by atomic mass is 19.3. The maximum Gasteiger partial charge on any atom is 0.337 e. The number of aromatic amines is 1. The molecule has 0 unspecified atom stereocenters. The third-order valence-corrected chi connectivity index (χ3v) is 6.63. The van der Waals surface area contributed by atoms with Crippen LogP contribution in [0.4, 0.5) is 14.5 Å². The smallest absolute Gasteiger partial charge is 0.337 e. The summed E-state index contributed by atoms with van der Waals surface area (Å²) in [7, 11) is 1.62. The molecular weight excluding hydrogens is 470 g/mol. The van der Waals surface area contributed by atoms with Crippen molar-refractivity contribution in [2.75, 3.05) is 38.6 Å². The van der Waals surface area contributed by atoms with Crippen LogP contribution in [0.25, 0.3) is 10.9 Å². The van der Waals surface area contributed by atoms with Gasteiger partial charge < -0.3 is 20.1 Å². The molecule has 2 aromatic carbocycles. The van der Waals surface area contributed by atoms with Crippen molar-refractivity contribution >= 4 is 28.5 Å². The summed E-state index contributed by atoms with van der Waals surface area (Å²) in [4.78, 5) is 30.6. The van der Waals surface area contributed by atoms with E-state index >= 15 is 0 Å². The Hall–Kier alpha value is -3.50. The van der Waals surface area contributed by atoms with Crippen molar-refractivity contribution in [1.29, 1.82) is 0 Å². The van der Waals surface area contributed by atoms with Crippen LogP contribution in [0.2, 0.25) is 0 Å². The lowest BCUT2D eigenvalue weighted by Gasteiger charge is -2.42. The molecule has 3 N–H and O–H groups in total. The van der Waals surface area contributed by atoms with Crippen LogP contribution in [0.3, 0.4) is 0 Å². The van der Waals surface area contributed by atoms with Crippen LogP contribution in [-0.4, -0.2) is 71.5 Å². The van der Waals surface area contributed by atoms with Gasteiger partial charge >= 0.3 is 5.97 Å². The van der Waals surface area contributed by atoms with Gasteiger partial charge in [-0.05, 0) is 42.3 Å². The molecule has 1 fully saturated rings. The van der Waals surface area contributed by atoms with E-state index in [9.17, 15) is 23.5 Å². The number of halogens is 2. The molecule has 2 heterocycles. The van der Waals surface area contributed by atoms with Crippen molar-refractivity contribution < 1.29 is 28.2 Å². The second kappa shape index (κ2) is 10.6. The maximum absolute atomic E-state index is 13.2. The van der Waals surface area contributed by atoms with E-state index in [0.29, 0.717) is 26.2 Å². The van der Waals surface area contributed by atoms with E-state index in [2.05, 4.69) is 15.2 Å². The molecule has 192 valence electrons.